The molecule has 1 aliphatic rings. The molecule has 16 heavy (non-hydrogen) atoms. The third kappa shape index (κ3) is 2.28. The van der Waals surface area contributed by atoms with Gasteiger partial charge in [-0.25, -0.2) is 4.98 Å². The number of aliphatic hydroxyl groups excluding tert-OH is 1. The van der Waals surface area contributed by atoms with E-state index in [-0.39, 0.29) is 18.1 Å². The minimum Gasteiger partial charge on any atom is -0.396 e. The highest BCUT2D eigenvalue weighted by Crippen LogP contribution is 2.38. The van der Waals surface area contributed by atoms with Crippen LogP contribution in [-0.4, -0.2) is 27.7 Å². The van der Waals surface area contributed by atoms with Crippen molar-refractivity contribution in [2.24, 2.45) is 5.41 Å². The van der Waals surface area contributed by atoms with Gasteiger partial charge in [0.1, 0.15) is 11.0 Å². The lowest BCUT2D eigenvalue weighted by molar-refractivity contribution is 0.139. The summed E-state index contributed by atoms with van der Waals surface area (Å²) in [6.07, 6.45) is 6.37. The van der Waals surface area contributed by atoms with E-state index in [0.29, 0.717) is 11.0 Å². The molecule has 0 aliphatic heterocycles. The number of halogens is 1. The van der Waals surface area contributed by atoms with Gasteiger partial charge in [-0.05, 0) is 12.8 Å². The zero-order valence-corrected chi connectivity index (χ0v) is 10.0. The molecule has 1 aromatic heterocycles. The van der Waals surface area contributed by atoms with Crippen molar-refractivity contribution >= 4 is 17.4 Å². The van der Waals surface area contributed by atoms with Crippen LogP contribution < -0.4 is 5.32 Å². The summed E-state index contributed by atoms with van der Waals surface area (Å²) in [4.78, 5) is 8.13. The van der Waals surface area contributed by atoms with E-state index in [9.17, 15) is 5.11 Å². The van der Waals surface area contributed by atoms with Crippen LogP contribution in [0.4, 0.5) is 5.82 Å². The number of nitrogens with zero attached hydrogens (tertiary/aromatic N) is 2. The van der Waals surface area contributed by atoms with Gasteiger partial charge in [0.25, 0.3) is 0 Å². The maximum absolute atomic E-state index is 9.43. The highest BCUT2D eigenvalue weighted by molar-refractivity contribution is 6.29. The number of rotatable bonds is 3. The minimum atomic E-state index is -0.0655. The normalized spacial score (nSPS) is 29.3. The van der Waals surface area contributed by atoms with Crippen LogP contribution in [0.3, 0.4) is 0 Å². The Bertz CT molecular complexity index is 374. The van der Waals surface area contributed by atoms with Gasteiger partial charge in [-0.15, -0.1) is 0 Å². The quantitative estimate of drug-likeness (QED) is 0.851. The molecule has 2 rings (SSSR count). The highest BCUT2D eigenvalue weighted by Gasteiger charge is 2.38. The Balaban J connectivity index is 2.10. The van der Waals surface area contributed by atoms with Gasteiger partial charge < -0.3 is 10.4 Å². The second-order valence-electron chi connectivity index (χ2n) is 4.63. The van der Waals surface area contributed by atoms with Crippen molar-refractivity contribution in [1.29, 1.82) is 0 Å². The van der Waals surface area contributed by atoms with E-state index < -0.39 is 0 Å². The van der Waals surface area contributed by atoms with Crippen LogP contribution in [0, 0.1) is 5.41 Å². The van der Waals surface area contributed by atoms with Crippen molar-refractivity contribution in [3.63, 3.8) is 0 Å². The fourth-order valence-electron chi connectivity index (χ4n) is 2.26. The zero-order valence-electron chi connectivity index (χ0n) is 9.28. The average molecular weight is 242 g/mol. The Labute approximate surface area is 100 Å². The first-order valence-electron chi connectivity index (χ1n) is 5.49. The largest absolute Gasteiger partial charge is 0.396 e. The Hall–Kier alpha value is -0.870. The van der Waals surface area contributed by atoms with Gasteiger partial charge >= 0.3 is 0 Å². The summed E-state index contributed by atoms with van der Waals surface area (Å²) in [6.45, 7) is 2.29. The van der Waals surface area contributed by atoms with E-state index in [4.69, 9.17) is 11.6 Å². The van der Waals surface area contributed by atoms with Crippen LogP contribution in [0.5, 0.6) is 0 Å². The first-order valence-corrected chi connectivity index (χ1v) is 5.87. The van der Waals surface area contributed by atoms with Crippen molar-refractivity contribution in [3.05, 3.63) is 17.5 Å². The lowest BCUT2D eigenvalue weighted by Crippen LogP contribution is -2.36. The third-order valence-electron chi connectivity index (χ3n) is 3.37. The van der Waals surface area contributed by atoms with Crippen LogP contribution in [0.1, 0.15) is 26.2 Å². The molecular weight excluding hydrogens is 226 g/mol. The molecule has 0 aromatic carbocycles. The molecule has 0 unspecified atom stereocenters. The summed E-state index contributed by atoms with van der Waals surface area (Å²) in [5, 5.41) is 13.1. The summed E-state index contributed by atoms with van der Waals surface area (Å²) in [5.74, 6) is 0.680. The number of hydrogen-bond donors (Lipinski definition) is 2. The monoisotopic (exact) mass is 241 g/mol. The molecule has 88 valence electrons. The molecule has 1 aliphatic carbocycles. The first kappa shape index (κ1) is 11.6. The predicted octanol–water partition coefficient (Wildman–Crippen LogP) is 2.09. The van der Waals surface area contributed by atoms with E-state index >= 15 is 0 Å². The Morgan fingerprint density at radius 1 is 1.62 bits per heavy atom. The van der Waals surface area contributed by atoms with Crippen molar-refractivity contribution in [1.82, 2.24) is 9.97 Å². The van der Waals surface area contributed by atoms with E-state index in [0.717, 1.165) is 19.3 Å². The second kappa shape index (κ2) is 4.55. The summed E-state index contributed by atoms with van der Waals surface area (Å²) in [6, 6.07) is 0.241. The van der Waals surface area contributed by atoms with Gasteiger partial charge in [0.15, 0.2) is 0 Å². The van der Waals surface area contributed by atoms with Gasteiger partial charge in [-0.1, -0.05) is 24.9 Å². The standard InChI is InChI=1S/C11H16ClN3O/c1-11(7-16)4-2-3-8(11)14-10-6-13-5-9(12)15-10/h5-6,8,16H,2-4,7H2,1H3,(H,14,15)/t8-,11+/m1/s1. The van der Waals surface area contributed by atoms with E-state index in [1.807, 2.05) is 0 Å². The highest BCUT2D eigenvalue weighted by atomic mass is 35.5. The SMILES string of the molecule is C[C@@]1(CO)CCC[C@H]1Nc1cncc(Cl)n1. The van der Waals surface area contributed by atoms with Crippen LogP contribution >= 0.6 is 11.6 Å². The molecule has 4 nitrogen and oxygen atoms in total. The Kier molecular flexibility index (Phi) is 3.30. The molecule has 0 bridgehead atoms. The molecule has 0 spiro atoms. The van der Waals surface area contributed by atoms with Crippen molar-refractivity contribution in [3.8, 4) is 0 Å². The maximum atomic E-state index is 9.43. The van der Waals surface area contributed by atoms with Gasteiger partial charge in [-0.3, -0.25) is 4.98 Å². The number of aromatic nitrogens is 2. The molecule has 1 saturated carbocycles. The van der Waals surface area contributed by atoms with Gasteiger partial charge in [0.05, 0.1) is 19.0 Å². The molecule has 0 radical (unpaired) electrons. The Morgan fingerprint density at radius 3 is 3.12 bits per heavy atom. The molecule has 2 atom stereocenters. The van der Waals surface area contributed by atoms with Crippen LogP contribution in [0.2, 0.25) is 5.15 Å². The molecular formula is C11H16ClN3O. The van der Waals surface area contributed by atoms with Crippen molar-refractivity contribution in [2.75, 3.05) is 11.9 Å². The minimum absolute atomic E-state index is 0.0655. The smallest absolute Gasteiger partial charge is 0.149 e. The zero-order chi connectivity index (χ0) is 11.6. The average Bonchev–Trinajstić information content (AvgIpc) is 2.61. The summed E-state index contributed by atoms with van der Waals surface area (Å²) in [7, 11) is 0. The van der Waals surface area contributed by atoms with Crippen molar-refractivity contribution in [2.45, 2.75) is 32.2 Å². The summed E-state index contributed by atoms with van der Waals surface area (Å²) in [5.41, 5.74) is -0.0655. The van der Waals surface area contributed by atoms with Crippen LogP contribution in [-0.2, 0) is 0 Å². The van der Waals surface area contributed by atoms with Gasteiger partial charge in [0.2, 0.25) is 0 Å². The van der Waals surface area contributed by atoms with E-state index in [1.165, 1.54) is 6.20 Å². The number of hydrogen-bond acceptors (Lipinski definition) is 4. The molecule has 0 amide bonds. The molecule has 2 N–H and O–H groups in total. The van der Waals surface area contributed by atoms with E-state index in [2.05, 4.69) is 22.2 Å². The summed E-state index contributed by atoms with van der Waals surface area (Å²) >= 11 is 5.77. The Morgan fingerprint density at radius 2 is 2.44 bits per heavy atom. The first-order chi connectivity index (χ1) is 7.64. The molecule has 5 heteroatoms. The van der Waals surface area contributed by atoms with Gasteiger partial charge in [-0.2, -0.15) is 0 Å². The van der Waals surface area contributed by atoms with Gasteiger partial charge in [0, 0.05) is 11.5 Å². The van der Waals surface area contributed by atoms with Crippen molar-refractivity contribution < 1.29 is 5.11 Å². The topological polar surface area (TPSA) is 58.0 Å². The third-order valence-corrected chi connectivity index (χ3v) is 3.55. The second-order valence-corrected chi connectivity index (χ2v) is 5.02. The fourth-order valence-corrected chi connectivity index (χ4v) is 2.41. The molecule has 1 heterocycles. The van der Waals surface area contributed by atoms with E-state index in [1.54, 1.807) is 6.20 Å². The van der Waals surface area contributed by atoms with Crippen LogP contribution in [0.25, 0.3) is 0 Å². The lowest BCUT2D eigenvalue weighted by atomic mass is 9.86. The maximum Gasteiger partial charge on any atom is 0.149 e. The van der Waals surface area contributed by atoms with Crippen LogP contribution in [0.15, 0.2) is 12.4 Å². The number of nitrogens with one attached hydrogen (secondary N) is 1. The molecule has 0 saturated heterocycles. The molecule has 1 fully saturated rings. The lowest BCUT2D eigenvalue weighted by Gasteiger charge is -2.30. The fraction of sp³-hybridized carbons (Fsp3) is 0.636. The number of anilines is 1. The number of aliphatic hydroxyl groups is 1. The predicted molar refractivity (Wildman–Crippen MR) is 63.5 cm³/mol. The molecule has 1 aromatic rings. The summed E-state index contributed by atoms with van der Waals surface area (Å²) < 4.78 is 0.